The summed E-state index contributed by atoms with van der Waals surface area (Å²) >= 11 is 0. The summed E-state index contributed by atoms with van der Waals surface area (Å²) in [5.41, 5.74) is -0.756. The normalized spacial score (nSPS) is 11.6. The Kier molecular flexibility index (Phi) is 4.43. The van der Waals surface area contributed by atoms with Crippen LogP contribution in [0.15, 0.2) is 16.9 Å². The molecule has 2 heterocycles. The molecule has 0 aliphatic carbocycles. The molecule has 0 bridgehead atoms. The minimum atomic E-state index is -1.59. The van der Waals surface area contributed by atoms with E-state index >= 15 is 0 Å². The Morgan fingerprint density at radius 1 is 1.26 bits per heavy atom. The van der Waals surface area contributed by atoms with E-state index in [1.54, 1.807) is 20.8 Å². The highest BCUT2D eigenvalue weighted by Gasteiger charge is 2.28. The predicted molar refractivity (Wildman–Crippen MR) is 91.9 cm³/mol. The van der Waals surface area contributed by atoms with Crippen LogP contribution < -0.4 is 10.4 Å². The molecule has 0 radical (unpaired) electrons. The number of hydrogen-bond acceptors (Lipinski definition) is 4. The zero-order valence-corrected chi connectivity index (χ0v) is 14.7. The smallest absolute Gasteiger partial charge is 0.352 e. The van der Waals surface area contributed by atoms with Crippen LogP contribution in [0, 0.1) is 29.8 Å². The van der Waals surface area contributed by atoms with Gasteiger partial charge in [0.1, 0.15) is 0 Å². The van der Waals surface area contributed by atoms with Crippen LogP contribution in [0.3, 0.4) is 0 Å². The Labute approximate surface area is 152 Å². The van der Waals surface area contributed by atoms with E-state index in [1.165, 1.54) is 0 Å². The van der Waals surface area contributed by atoms with Gasteiger partial charge in [0, 0.05) is 5.41 Å². The molecule has 0 spiro atoms. The molecule has 9 heteroatoms. The van der Waals surface area contributed by atoms with E-state index in [0.717, 1.165) is 16.6 Å². The fourth-order valence-corrected chi connectivity index (χ4v) is 2.59. The van der Waals surface area contributed by atoms with Gasteiger partial charge < -0.3 is 4.74 Å². The largest absolute Gasteiger partial charge is 0.451 e. The molecule has 0 fully saturated rings. The number of rotatable bonds is 3. The Balaban J connectivity index is 2.39. The molecule has 3 aromatic rings. The second-order valence-electron chi connectivity index (χ2n) is 6.80. The summed E-state index contributed by atoms with van der Waals surface area (Å²) in [7, 11) is 0. The maximum Gasteiger partial charge on any atom is 0.352 e. The van der Waals surface area contributed by atoms with Crippen molar-refractivity contribution in [3.05, 3.63) is 45.8 Å². The number of nitrogens with zero attached hydrogens (tertiary/aromatic N) is 3. The van der Waals surface area contributed by atoms with Gasteiger partial charge in [-0.3, -0.25) is 4.98 Å². The van der Waals surface area contributed by atoms with Crippen LogP contribution in [0.5, 0.6) is 6.01 Å². The van der Waals surface area contributed by atoms with Gasteiger partial charge in [-0.05, 0) is 17.7 Å². The van der Waals surface area contributed by atoms with Crippen molar-refractivity contribution in [1.29, 1.82) is 0 Å². The van der Waals surface area contributed by atoms with Crippen molar-refractivity contribution < 1.29 is 17.9 Å². The van der Waals surface area contributed by atoms with Gasteiger partial charge in [0.05, 0.1) is 11.3 Å². The van der Waals surface area contributed by atoms with Gasteiger partial charge in [0.2, 0.25) is 0 Å². The lowest BCUT2D eigenvalue weighted by molar-refractivity contribution is 0.337. The highest BCUT2D eigenvalue weighted by Crippen LogP contribution is 2.35. The van der Waals surface area contributed by atoms with Crippen LogP contribution in [0.2, 0.25) is 0 Å². The molecule has 140 valence electrons. The Morgan fingerprint density at radius 3 is 2.44 bits per heavy atom. The minimum Gasteiger partial charge on any atom is -0.451 e. The molecule has 6 nitrogen and oxygen atoms in total. The van der Waals surface area contributed by atoms with Crippen LogP contribution in [0.1, 0.15) is 26.5 Å². The van der Waals surface area contributed by atoms with E-state index in [-0.39, 0.29) is 29.4 Å². The van der Waals surface area contributed by atoms with E-state index < -0.39 is 28.6 Å². The van der Waals surface area contributed by atoms with Gasteiger partial charge in [-0.1, -0.05) is 26.7 Å². The molecule has 1 aromatic carbocycles. The third kappa shape index (κ3) is 3.26. The van der Waals surface area contributed by atoms with Crippen molar-refractivity contribution in [2.24, 2.45) is 0 Å². The fourth-order valence-electron chi connectivity index (χ4n) is 2.59. The van der Waals surface area contributed by atoms with Gasteiger partial charge in [0.25, 0.3) is 0 Å². The number of benzene rings is 1. The minimum absolute atomic E-state index is 0.00102. The monoisotopic (exact) mass is 376 g/mol. The second-order valence-corrected chi connectivity index (χ2v) is 6.80. The Bertz CT molecular complexity index is 1110. The van der Waals surface area contributed by atoms with Crippen LogP contribution in [0.25, 0.3) is 16.8 Å². The van der Waals surface area contributed by atoms with Crippen LogP contribution >= 0.6 is 0 Å². The lowest BCUT2D eigenvalue weighted by atomic mass is 9.87. The van der Waals surface area contributed by atoms with Gasteiger partial charge in [-0.2, -0.15) is 14.6 Å². The Hall–Kier alpha value is -3.28. The number of H-pyrrole nitrogens is 1. The molecule has 0 saturated heterocycles. The van der Waals surface area contributed by atoms with Crippen LogP contribution in [-0.2, 0) is 5.41 Å². The molecule has 1 N–H and O–H groups in total. The second kappa shape index (κ2) is 6.46. The molecule has 0 unspecified atom stereocenters. The molecule has 2 aromatic heterocycles. The van der Waals surface area contributed by atoms with Gasteiger partial charge in [-0.15, -0.1) is 6.42 Å². The number of ether oxygens (including phenoxy) is 1. The van der Waals surface area contributed by atoms with E-state index in [2.05, 4.69) is 21.0 Å². The molecular formula is C18H15F3N4O2. The van der Waals surface area contributed by atoms with E-state index in [1.807, 2.05) is 0 Å². The third-order valence-corrected chi connectivity index (χ3v) is 3.75. The lowest BCUT2D eigenvalue weighted by Gasteiger charge is -2.17. The van der Waals surface area contributed by atoms with Crippen molar-refractivity contribution in [3.63, 3.8) is 0 Å². The number of hydrogen-bond donors (Lipinski definition) is 1. The molecule has 3 rings (SSSR count). The zero-order chi connectivity index (χ0) is 19.9. The number of aromatic nitrogens is 4. The Morgan fingerprint density at radius 2 is 1.89 bits per heavy atom. The number of aromatic amines is 1. The maximum atomic E-state index is 13.8. The van der Waals surface area contributed by atoms with Crippen molar-refractivity contribution in [3.8, 4) is 29.5 Å². The third-order valence-electron chi connectivity index (χ3n) is 3.75. The van der Waals surface area contributed by atoms with E-state index in [0.29, 0.717) is 5.69 Å². The molecule has 0 aliphatic heterocycles. The first-order chi connectivity index (χ1) is 12.6. The van der Waals surface area contributed by atoms with E-state index in [4.69, 9.17) is 11.2 Å². The first kappa shape index (κ1) is 18.5. The quantitative estimate of drug-likeness (QED) is 0.564. The van der Waals surface area contributed by atoms with Crippen molar-refractivity contribution >= 4 is 5.65 Å². The van der Waals surface area contributed by atoms with Crippen LogP contribution in [0.4, 0.5) is 13.2 Å². The molecule has 0 aliphatic rings. The SMILES string of the molecule is C#CCOc1nc2c(-c3cc(F)c(F)c(F)c3)c(C(C)(C)C)nn2c(=O)[nH]1. The summed E-state index contributed by atoms with van der Waals surface area (Å²) < 4.78 is 47.1. The zero-order valence-electron chi connectivity index (χ0n) is 14.7. The first-order valence-electron chi connectivity index (χ1n) is 7.88. The summed E-state index contributed by atoms with van der Waals surface area (Å²) in [5.74, 6) is -2.08. The first-order valence-corrected chi connectivity index (χ1v) is 7.88. The summed E-state index contributed by atoms with van der Waals surface area (Å²) in [6.45, 7) is 5.27. The van der Waals surface area contributed by atoms with Crippen molar-refractivity contribution in [2.75, 3.05) is 6.61 Å². The number of fused-ring (bicyclic) bond motifs is 1. The highest BCUT2D eigenvalue weighted by molar-refractivity contribution is 5.81. The van der Waals surface area contributed by atoms with E-state index in [9.17, 15) is 18.0 Å². The molecule has 0 atom stereocenters. The van der Waals surface area contributed by atoms with Crippen LogP contribution in [-0.4, -0.2) is 26.2 Å². The summed E-state index contributed by atoms with van der Waals surface area (Å²) in [4.78, 5) is 18.9. The average Bonchev–Trinajstić information content (AvgIpc) is 2.97. The van der Waals surface area contributed by atoms with Gasteiger partial charge in [0.15, 0.2) is 29.7 Å². The standard InChI is InChI=1S/C18H15F3N4O2/c1-5-6-27-16-22-15-12(9-7-10(19)13(21)11(20)8-9)14(18(2,3)4)24-25(15)17(26)23-16/h1,7-8H,6H2,2-4H3,(H,22,23,26). The number of halogens is 3. The summed E-state index contributed by atoms with van der Waals surface area (Å²) in [5, 5.41) is 4.24. The van der Waals surface area contributed by atoms with Gasteiger partial charge >= 0.3 is 11.7 Å². The molecule has 0 saturated carbocycles. The van der Waals surface area contributed by atoms with Gasteiger partial charge in [-0.25, -0.2) is 18.0 Å². The maximum absolute atomic E-state index is 13.8. The number of terminal acetylenes is 1. The fraction of sp³-hybridized carbons (Fsp3) is 0.278. The summed E-state index contributed by atoms with van der Waals surface area (Å²) in [6, 6.07) is 1.49. The topological polar surface area (TPSA) is 72.3 Å². The van der Waals surface area contributed by atoms with Crippen molar-refractivity contribution in [2.45, 2.75) is 26.2 Å². The molecule has 27 heavy (non-hydrogen) atoms. The number of nitrogens with one attached hydrogen (secondary N) is 1. The average molecular weight is 376 g/mol. The molecule has 0 amide bonds. The highest BCUT2D eigenvalue weighted by atomic mass is 19.2. The van der Waals surface area contributed by atoms with Crippen molar-refractivity contribution in [1.82, 2.24) is 19.6 Å². The predicted octanol–water partition coefficient (Wildman–Crippen LogP) is 2.81. The summed E-state index contributed by atoms with van der Waals surface area (Å²) in [6.07, 6.45) is 5.13. The lowest BCUT2D eigenvalue weighted by Crippen LogP contribution is -2.21. The molecular weight excluding hydrogens is 361 g/mol.